The summed E-state index contributed by atoms with van der Waals surface area (Å²) in [6.45, 7) is 3.06. The third-order valence-electron chi connectivity index (χ3n) is 5.94. The fraction of sp³-hybridized carbons (Fsp3) is 0.417. The SMILES string of the molecule is CC1Oc2ccccc2OC1C(=O)OCC(=O)N1CCCC1c1ccc2c(c1)OCCO2. The molecule has 1 saturated heterocycles. The number of likely N-dealkylation sites (tertiary alicyclic amines) is 1. The minimum Gasteiger partial charge on any atom is -0.486 e. The molecular formula is C24H25NO7. The van der Waals surface area contributed by atoms with Gasteiger partial charge >= 0.3 is 5.97 Å². The molecule has 0 radical (unpaired) electrons. The van der Waals surface area contributed by atoms with Crippen LogP contribution in [0.3, 0.4) is 0 Å². The van der Waals surface area contributed by atoms with E-state index in [0.29, 0.717) is 37.0 Å². The van der Waals surface area contributed by atoms with Crippen molar-refractivity contribution in [3.63, 3.8) is 0 Å². The van der Waals surface area contributed by atoms with Crippen LogP contribution in [0.2, 0.25) is 0 Å². The molecule has 3 atom stereocenters. The molecule has 2 aromatic carbocycles. The molecule has 2 aromatic rings. The highest BCUT2D eigenvalue weighted by atomic mass is 16.6. The first-order chi connectivity index (χ1) is 15.6. The lowest BCUT2D eigenvalue weighted by Crippen LogP contribution is -2.45. The van der Waals surface area contributed by atoms with Gasteiger partial charge in [0.25, 0.3) is 5.91 Å². The first-order valence-corrected chi connectivity index (χ1v) is 10.9. The monoisotopic (exact) mass is 439 g/mol. The van der Waals surface area contributed by atoms with Crippen molar-refractivity contribution in [2.75, 3.05) is 26.4 Å². The van der Waals surface area contributed by atoms with E-state index in [1.807, 2.05) is 24.3 Å². The summed E-state index contributed by atoms with van der Waals surface area (Å²) < 4.78 is 28.1. The number of hydrogen-bond donors (Lipinski definition) is 0. The molecule has 0 N–H and O–H groups in total. The Bertz CT molecular complexity index is 1020. The number of esters is 1. The number of fused-ring (bicyclic) bond motifs is 2. The van der Waals surface area contributed by atoms with Gasteiger partial charge in [0.1, 0.15) is 19.3 Å². The van der Waals surface area contributed by atoms with E-state index in [-0.39, 0.29) is 18.6 Å². The summed E-state index contributed by atoms with van der Waals surface area (Å²) in [5.41, 5.74) is 0.987. The molecule has 0 saturated carbocycles. The Morgan fingerprint density at radius 1 is 1.00 bits per heavy atom. The van der Waals surface area contributed by atoms with E-state index < -0.39 is 18.2 Å². The van der Waals surface area contributed by atoms with Crippen LogP contribution >= 0.6 is 0 Å². The van der Waals surface area contributed by atoms with Gasteiger partial charge in [-0.2, -0.15) is 0 Å². The maximum absolute atomic E-state index is 12.9. The van der Waals surface area contributed by atoms with Crippen molar-refractivity contribution < 1.29 is 33.3 Å². The molecule has 0 bridgehead atoms. The van der Waals surface area contributed by atoms with Gasteiger partial charge in [0.2, 0.25) is 6.10 Å². The average molecular weight is 439 g/mol. The number of para-hydroxylation sites is 2. The number of rotatable bonds is 4. The molecule has 3 aliphatic rings. The van der Waals surface area contributed by atoms with Crippen LogP contribution in [0, 0.1) is 0 Å². The van der Waals surface area contributed by atoms with E-state index in [0.717, 1.165) is 24.2 Å². The van der Waals surface area contributed by atoms with Gasteiger partial charge in [-0.15, -0.1) is 0 Å². The Morgan fingerprint density at radius 2 is 1.75 bits per heavy atom. The van der Waals surface area contributed by atoms with Gasteiger partial charge in [-0.1, -0.05) is 18.2 Å². The number of amides is 1. The van der Waals surface area contributed by atoms with Gasteiger partial charge in [0, 0.05) is 6.54 Å². The van der Waals surface area contributed by atoms with E-state index >= 15 is 0 Å². The van der Waals surface area contributed by atoms with E-state index in [1.165, 1.54) is 0 Å². The van der Waals surface area contributed by atoms with E-state index in [4.69, 9.17) is 23.7 Å². The molecule has 5 rings (SSSR count). The lowest BCUT2D eigenvalue weighted by molar-refractivity contribution is -0.163. The number of carbonyl (C=O) groups is 2. The number of ether oxygens (including phenoxy) is 5. The molecule has 32 heavy (non-hydrogen) atoms. The summed E-state index contributed by atoms with van der Waals surface area (Å²) in [4.78, 5) is 27.3. The second kappa shape index (κ2) is 8.61. The minimum atomic E-state index is -0.926. The highest BCUT2D eigenvalue weighted by molar-refractivity contribution is 5.83. The summed E-state index contributed by atoms with van der Waals surface area (Å²) in [6.07, 6.45) is 0.272. The topological polar surface area (TPSA) is 83.5 Å². The molecular weight excluding hydrogens is 414 g/mol. The molecule has 8 heteroatoms. The van der Waals surface area contributed by atoms with E-state index in [9.17, 15) is 9.59 Å². The van der Waals surface area contributed by atoms with Crippen LogP contribution in [0.1, 0.15) is 31.4 Å². The summed E-state index contributed by atoms with van der Waals surface area (Å²) in [6, 6.07) is 12.8. The molecule has 3 aliphatic heterocycles. The molecule has 3 unspecified atom stereocenters. The van der Waals surface area contributed by atoms with Crippen LogP contribution in [0.4, 0.5) is 0 Å². The van der Waals surface area contributed by atoms with Gasteiger partial charge in [-0.05, 0) is 49.6 Å². The van der Waals surface area contributed by atoms with Crippen molar-refractivity contribution in [1.29, 1.82) is 0 Å². The third-order valence-corrected chi connectivity index (χ3v) is 5.94. The van der Waals surface area contributed by atoms with Crippen molar-refractivity contribution in [2.24, 2.45) is 0 Å². The molecule has 0 aliphatic carbocycles. The second-order valence-electron chi connectivity index (χ2n) is 8.06. The zero-order valence-electron chi connectivity index (χ0n) is 17.8. The summed E-state index contributed by atoms with van der Waals surface area (Å²) in [5.74, 6) is 1.63. The van der Waals surface area contributed by atoms with Crippen LogP contribution in [-0.2, 0) is 14.3 Å². The fourth-order valence-corrected chi connectivity index (χ4v) is 4.36. The van der Waals surface area contributed by atoms with E-state index in [2.05, 4.69) is 0 Å². The molecule has 3 heterocycles. The second-order valence-corrected chi connectivity index (χ2v) is 8.06. The quantitative estimate of drug-likeness (QED) is 0.678. The van der Waals surface area contributed by atoms with Gasteiger partial charge in [-0.25, -0.2) is 4.79 Å². The van der Waals surface area contributed by atoms with Gasteiger partial charge in [-0.3, -0.25) is 4.79 Å². The first kappa shape index (κ1) is 20.5. The fourth-order valence-electron chi connectivity index (χ4n) is 4.36. The molecule has 0 aromatic heterocycles. The average Bonchev–Trinajstić information content (AvgIpc) is 3.31. The Labute approximate surface area is 186 Å². The van der Waals surface area contributed by atoms with Crippen LogP contribution in [-0.4, -0.2) is 55.3 Å². The molecule has 0 spiro atoms. The smallest absolute Gasteiger partial charge is 0.351 e. The maximum atomic E-state index is 12.9. The number of benzene rings is 2. The standard InChI is InChI=1S/C24H25NO7/c1-15-23(32-20-7-3-2-6-19(20)31-15)24(27)30-14-22(26)25-10-4-5-17(25)16-8-9-18-21(13-16)29-12-11-28-18/h2-3,6-9,13,15,17,23H,4-5,10-12,14H2,1H3. The molecule has 8 nitrogen and oxygen atoms in total. The predicted octanol–water partition coefficient (Wildman–Crippen LogP) is 2.89. The first-order valence-electron chi connectivity index (χ1n) is 10.9. The predicted molar refractivity (Wildman–Crippen MR) is 113 cm³/mol. The lowest BCUT2D eigenvalue weighted by Gasteiger charge is -2.30. The molecule has 168 valence electrons. The Hall–Kier alpha value is -3.42. The van der Waals surface area contributed by atoms with Crippen molar-refractivity contribution in [2.45, 2.75) is 38.0 Å². The molecule has 1 amide bonds. The Morgan fingerprint density at radius 3 is 2.56 bits per heavy atom. The van der Waals surface area contributed by atoms with Gasteiger partial charge < -0.3 is 28.6 Å². The Balaban J connectivity index is 1.21. The zero-order valence-corrected chi connectivity index (χ0v) is 17.8. The number of carbonyl (C=O) groups excluding carboxylic acids is 2. The lowest BCUT2D eigenvalue weighted by atomic mass is 10.0. The third kappa shape index (κ3) is 3.92. The van der Waals surface area contributed by atoms with Gasteiger partial charge in [0.05, 0.1) is 6.04 Å². The maximum Gasteiger partial charge on any atom is 0.351 e. The number of nitrogens with zero attached hydrogens (tertiary/aromatic N) is 1. The summed E-state index contributed by atoms with van der Waals surface area (Å²) in [5, 5.41) is 0. The van der Waals surface area contributed by atoms with E-state index in [1.54, 1.807) is 30.0 Å². The van der Waals surface area contributed by atoms with Crippen LogP contribution < -0.4 is 18.9 Å². The van der Waals surface area contributed by atoms with Crippen molar-refractivity contribution in [3.8, 4) is 23.0 Å². The van der Waals surface area contributed by atoms with Crippen molar-refractivity contribution in [3.05, 3.63) is 48.0 Å². The minimum absolute atomic E-state index is 0.0860. The van der Waals surface area contributed by atoms with Crippen molar-refractivity contribution in [1.82, 2.24) is 4.90 Å². The summed E-state index contributed by atoms with van der Waals surface area (Å²) in [7, 11) is 0. The van der Waals surface area contributed by atoms with Crippen LogP contribution in [0.15, 0.2) is 42.5 Å². The van der Waals surface area contributed by atoms with Crippen LogP contribution in [0.5, 0.6) is 23.0 Å². The van der Waals surface area contributed by atoms with Crippen LogP contribution in [0.25, 0.3) is 0 Å². The van der Waals surface area contributed by atoms with Gasteiger partial charge in [0.15, 0.2) is 29.6 Å². The number of hydrogen-bond acceptors (Lipinski definition) is 7. The largest absolute Gasteiger partial charge is 0.486 e. The van der Waals surface area contributed by atoms with Crippen molar-refractivity contribution >= 4 is 11.9 Å². The summed E-state index contributed by atoms with van der Waals surface area (Å²) >= 11 is 0. The zero-order chi connectivity index (χ0) is 22.1. The highest BCUT2D eigenvalue weighted by Crippen LogP contribution is 2.38. The normalized spacial score (nSPS) is 23.5. The Kier molecular flexibility index (Phi) is 5.51. The highest BCUT2D eigenvalue weighted by Gasteiger charge is 2.37. The molecule has 1 fully saturated rings.